The van der Waals surface area contributed by atoms with Gasteiger partial charge in [0, 0.05) is 23.2 Å². The molecule has 1 unspecified atom stereocenters. The van der Waals surface area contributed by atoms with Crippen LogP contribution in [0.1, 0.15) is 23.4 Å². The standard InChI is InChI=1S/C21H22F2N2O5S/c1-13-17(19(26)29-10-9-28-2)18(15-7-3-4-8-16(15)30-20(22)23)24-21(27)25(13)12-14-6-5-11-31-14/h3-8,11,18,20H,9-10,12H2,1-2H3,(H,24,27). The second-order valence-electron chi connectivity index (χ2n) is 6.59. The van der Waals surface area contributed by atoms with Crippen LogP contribution in [0.4, 0.5) is 13.6 Å². The van der Waals surface area contributed by atoms with Gasteiger partial charge in [0.15, 0.2) is 0 Å². The lowest BCUT2D eigenvalue weighted by Crippen LogP contribution is -2.47. The maximum Gasteiger partial charge on any atom is 0.387 e. The highest BCUT2D eigenvalue weighted by atomic mass is 32.1. The number of alkyl halides is 2. The van der Waals surface area contributed by atoms with E-state index in [1.54, 1.807) is 13.0 Å². The summed E-state index contributed by atoms with van der Waals surface area (Å²) in [6.07, 6.45) is 0. The first-order valence-electron chi connectivity index (χ1n) is 9.43. The number of hydrogen-bond donors (Lipinski definition) is 1. The molecule has 0 spiro atoms. The molecule has 7 nitrogen and oxygen atoms in total. The van der Waals surface area contributed by atoms with Crippen molar-refractivity contribution in [1.82, 2.24) is 10.2 Å². The molecule has 31 heavy (non-hydrogen) atoms. The van der Waals surface area contributed by atoms with Crippen LogP contribution in [0, 0.1) is 0 Å². The van der Waals surface area contributed by atoms with Gasteiger partial charge in [0.2, 0.25) is 0 Å². The van der Waals surface area contributed by atoms with Crippen LogP contribution in [0.25, 0.3) is 0 Å². The molecule has 0 bridgehead atoms. The highest BCUT2D eigenvalue weighted by Crippen LogP contribution is 2.37. The molecule has 0 aliphatic carbocycles. The van der Waals surface area contributed by atoms with Gasteiger partial charge in [0.05, 0.1) is 24.8 Å². The fourth-order valence-electron chi connectivity index (χ4n) is 3.25. The van der Waals surface area contributed by atoms with E-state index in [1.807, 2.05) is 17.5 Å². The number of carbonyl (C=O) groups excluding carboxylic acids is 2. The van der Waals surface area contributed by atoms with Gasteiger partial charge in [-0.3, -0.25) is 4.90 Å². The SMILES string of the molecule is COCCOC(=O)C1=C(C)N(Cc2cccs2)C(=O)NC1c1ccccc1OC(F)F. The van der Waals surface area contributed by atoms with Crippen LogP contribution in [0.15, 0.2) is 53.0 Å². The van der Waals surface area contributed by atoms with E-state index in [9.17, 15) is 18.4 Å². The average molecular weight is 452 g/mol. The molecule has 1 N–H and O–H groups in total. The van der Waals surface area contributed by atoms with Crippen LogP contribution < -0.4 is 10.1 Å². The molecule has 1 aliphatic rings. The number of carbonyl (C=O) groups is 2. The van der Waals surface area contributed by atoms with Crippen LogP contribution >= 0.6 is 11.3 Å². The third-order valence-corrected chi connectivity index (χ3v) is 5.54. The number of para-hydroxylation sites is 1. The Kier molecular flexibility index (Phi) is 7.59. The molecule has 10 heteroatoms. The summed E-state index contributed by atoms with van der Waals surface area (Å²) in [5, 5.41) is 4.62. The fourth-order valence-corrected chi connectivity index (χ4v) is 3.94. The van der Waals surface area contributed by atoms with Gasteiger partial charge >= 0.3 is 18.6 Å². The number of halogens is 2. The van der Waals surface area contributed by atoms with Crippen molar-refractivity contribution in [2.45, 2.75) is 26.1 Å². The third-order valence-electron chi connectivity index (χ3n) is 4.68. The molecular weight excluding hydrogens is 430 g/mol. The van der Waals surface area contributed by atoms with Crippen LogP contribution in [-0.4, -0.2) is 43.8 Å². The maximum atomic E-state index is 13.0. The number of nitrogens with one attached hydrogen (secondary N) is 1. The number of ether oxygens (including phenoxy) is 3. The monoisotopic (exact) mass is 452 g/mol. The topological polar surface area (TPSA) is 77.1 Å². The summed E-state index contributed by atoms with van der Waals surface area (Å²) in [5.41, 5.74) is 0.735. The summed E-state index contributed by atoms with van der Waals surface area (Å²) in [4.78, 5) is 28.2. The lowest BCUT2D eigenvalue weighted by atomic mass is 9.94. The molecule has 3 rings (SSSR count). The van der Waals surface area contributed by atoms with E-state index in [1.165, 1.54) is 41.5 Å². The first kappa shape index (κ1) is 22.7. The van der Waals surface area contributed by atoms with E-state index in [0.29, 0.717) is 5.70 Å². The molecule has 1 atom stereocenters. The predicted molar refractivity (Wildman–Crippen MR) is 110 cm³/mol. The van der Waals surface area contributed by atoms with E-state index in [4.69, 9.17) is 9.47 Å². The minimum atomic E-state index is -3.06. The van der Waals surface area contributed by atoms with Crippen LogP contribution in [0.2, 0.25) is 0 Å². The Balaban J connectivity index is 2.02. The molecule has 2 amide bonds. The zero-order valence-electron chi connectivity index (χ0n) is 17.0. The van der Waals surface area contributed by atoms with Crippen LogP contribution in [0.3, 0.4) is 0 Å². The van der Waals surface area contributed by atoms with Gasteiger partial charge in [0.1, 0.15) is 12.4 Å². The molecule has 0 radical (unpaired) electrons. The van der Waals surface area contributed by atoms with Crippen molar-refractivity contribution in [2.24, 2.45) is 0 Å². The Morgan fingerprint density at radius 2 is 2.00 bits per heavy atom. The Labute approximate surface area is 182 Å². The van der Waals surface area contributed by atoms with Gasteiger partial charge in [0.25, 0.3) is 0 Å². The van der Waals surface area contributed by atoms with Crippen LogP contribution in [-0.2, 0) is 20.8 Å². The Morgan fingerprint density at radius 3 is 2.68 bits per heavy atom. The molecule has 0 saturated carbocycles. The van der Waals surface area contributed by atoms with E-state index in [2.05, 4.69) is 10.1 Å². The number of esters is 1. The molecule has 166 valence electrons. The largest absolute Gasteiger partial charge is 0.460 e. The summed E-state index contributed by atoms with van der Waals surface area (Å²) in [7, 11) is 1.47. The molecule has 2 heterocycles. The van der Waals surface area contributed by atoms with Crippen LogP contribution in [0.5, 0.6) is 5.75 Å². The normalized spacial score (nSPS) is 16.5. The predicted octanol–water partition coefficient (Wildman–Crippen LogP) is 4.08. The quantitative estimate of drug-likeness (QED) is 0.458. The number of hydrogen-bond acceptors (Lipinski definition) is 6. The summed E-state index contributed by atoms with van der Waals surface area (Å²) in [6, 6.07) is 8.28. The number of urea groups is 1. The first-order chi connectivity index (χ1) is 14.9. The summed E-state index contributed by atoms with van der Waals surface area (Å²) in [5.74, 6) is -0.813. The van der Waals surface area contributed by atoms with Crippen molar-refractivity contribution in [2.75, 3.05) is 20.3 Å². The van der Waals surface area contributed by atoms with Gasteiger partial charge in [-0.05, 0) is 24.4 Å². The van der Waals surface area contributed by atoms with Gasteiger partial charge < -0.3 is 19.5 Å². The number of methoxy groups -OCH3 is 1. The highest BCUT2D eigenvalue weighted by Gasteiger charge is 2.38. The summed E-state index contributed by atoms with van der Waals surface area (Å²) < 4.78 is 40.7. The van der Waals surface area contributed by atoms with Crippen molar-refractivity contribution >= 4 is 23.3 Å². The van der Waals surface area contributed by atoms with E-state index < -0.39 is 24.7 Å². The number of amides is 2. The highest BCUT2D eigenvalue weighted by molar-refractivity contribution is 7.09. The van der Waals surface area contributed by atoms with Crippen molar-refractivity contribution in [3.8, 4) is 5.75 Å². The maximum absolute atomic E-state index is 13.0. The second-order valence-corrected chi connectivity index (χ2v) is 7.62. The van der Waals surface area contributed by atoms with Gasteiger partial charge in [-0.25, -0.2) is 9.59 Å². The summed E-state index contributed by atoms with van der Waals surface area (Å²) in [6.45, 7) is -0.973. The smallest absolute Gasteiger partial charge is 0.387 e. The molecule has 1 aromatic heterocycles. The Bertz CT molecular complexity index is 949. The lowest BCUT2D eigenvalue weighted by Gasteiger charge is -2.35. The molecule has 0 saturated heterocycles. The number of rotatable bonds is 9. The Hall–Kier alpha value is -2.98. The molecule has 2 aromatic rings. The van der Waals surface area contributed by atoms with Crippen molar-refractivity contribution in [1.29, 1.82) is 0 Å². The zero-order chi connectivity index (χ0) is 22.4. The second kappa shape index (κ2) is 10.4. The van der Waals surface area contributed by atoms with E-state index >= 15 is 0 Å². The zero-order valence-corrected chi connectivity index (χ0v) is 17.8. The molecule has 1 aliphatic heterocycles. The number of nitrogens with zero attached hydrogens (tertiary/aromatic N) is 1. The minimum absolute atomic E-state index is 0.00683. The third kappa shape index (κ3) is 5.39. The summed E-state index contributed by atoms with van der Waals surface area (Å²) >= 11 is 1.47. The first-order valence-corrected chi connectivity index (χ1v) is 10.3. The average Bonchev–Trinajstić information content (AvgIpc) is 3.24. The number of allylic oxidation sites excluding steroid dienone is 1. The molecular formula is C21H22F2N2O5S. The van der Waals surface area contributed by atoms with Gasteiger partial charge in [-0.1, -0.05) is 24.3 Å². The van der Waals surface area contributed by atoms with E-state index in [-0.39, 0.29) is 36.6 Å². The van der Waals surface area contributed by atoms with Crippen molar-refractivity contribution in [3.05, 3.63) is 63.5 Å². The Morgan fingerprint density at radius 1 is 1.23 bits per heavy atom. The number of benzene rings is 1. The van der Waals surface area contributed by atoms with E-state index in [0.717, 1.165) is 4.88 Å². The van der Waals surface area contributed by atoms with Crippen molar-refractivity contribution in [3.63, 3.8) is 0 Å². The fraction of sp³-hybridized carbons (Fsp3) is 0.333. The lowest BCUT2D eigenvalue weighted by molar-refractivity contribution is -0.140. The minimum Gasteiger partial charge on any atom is -0.460 e. The van der Waals surface area contributed by atoms with Crippen molar-refractivity contribution < 1.29 is 32.6 Å². The van der Waals surface area contributed by atoms with Gasteiger partial charge in [-0.15, -0.1) is 11.3 Å². The molecule has 1 aromatic carbocycles. The molecule has 0 fully saturated rings. The number of thiophene rings is 1. The van der Waals surface area contributed by atoms with Gasteiger partial charge in [-0.2, -0.15) is 8.78 Å².